The molecule has 4 aliphatic rings. The molecular weight excluding hydrogens is 320 g/mol. The first-order valence-electron chi connectivity index (χ1n) is 10.1. The van der Waals surface area contributed by atoms with Gasteiger partial charge in [-0.3, -0.25) is 4.79 Å². The zero-order chi connectivity index (χ0) is 17.1. The molecule has 4 saturated carbocycles. The highest BCUT2D eigenvalue weighted by Crippen LogP contribution is 2.66. The van der Waals surface area contributed by atoms with Crippen LogP contribution in [0.4, 0.5) is 0 Å². The van der Waals surface area contributed by atoms with Crippen molar-refractivity contribution in [2.75, 3.05) is 0 Å². The number of hydrogen-bond donors (Lipinski definition) is 0. The average Bonchev–Trinajstić information content (AvgIpc) is 2.90. The topological polar surface area (TPSA) is 26.3 Å². The summed E-state index contributed by atoms with van der Waals surface area (Å²) in [6, 6.07) is 0. The van der Waals surface area contributed by atoms with Crippen molar-refractivity contribution < 1.29 is 9.53 Å². The average molecular weight is 353 g/mol. The number of hydrogen-bond acceptors (Lipinski definition) is 2. The van der Waals surface area contributed by atoms with Crippen LogP contribution >= 0.6 is 11.6 Å². The summed E-state index contributed by atoms with van der Waals surface area (Å²) in [5, 5.41) is 0.00358. The van der Waals surface area contributed by atoms with E-state index >= 15 is 0 Å². The number of alkyl halides is 1. The third-order valence-electron chi connectivity index (χ3n) is 8.72. The van der Waals surface area contributed by atoms with Gasteiger partial charge in [-0.2, -0.15) is 0 Å². The molecule has 0 saturated heterocycles. The molecule has 0 bridgehead atoms. The SMILES string of the molecule is CC(=O)O[C@@H]1C[C@]2(C)C(CCC3C4CCC[C@]4(C)CCC32)C[C@H]1Cl. The molecule has 0 aromatic carbocycles. The molecule has 0 radical (unpaired) electrons. The van der Waals surface area contributed by atoms with Gasteiger partial charge in [0.1, 0.15) is 6.10 Å². The van der Waals surface area contributed by atoms with Crippen LogP contribution in [0.1, 0.15) is 78.6 Å². The predicted octanol–water partition coefficient (Wildman–Crippen LogP) is 5.57. The van der Waals surface area contributed by atoms with Crippen molar-refractivity contribution in [3.63, 3.8) is 0 Å². The van der Waals surface area contributed by atoms with E-state index in [9.17, 15) is 4.79 Å². The number of esters is 1. The molecule has 0 heterocycles. The van der Waals surface area contributed by atoms with Gasteiger partial charge in [0, 0.05) is 6.92 Å². The highest BCUT2D eigenvalue weighted by atomic mass is 35.5. The van der Waals surface area contributed by atoms with E-state index in [1.165, 1.54) is 51.9 Å². The molecular formula is C21H33ClO2. The van der Waals surface area contributed by atoms with E-state index < -0.39 is 0 Å². The molecule has 0 N–H and O–H groups in total. The van der Waals surface area contributed by atoms with Gasteiger partial charge in [0.2, 0.25) is 0 Å². The van der Waals surface area contributed by atoms with Gasteiger partial charge >= 0.3 is 5.97 Å². The molecule has 2 nitrogen and oxygen atoms in total. The van der Waals surface area contributed by atoms with Gasteiger partial charge in [-0.25, -0.2) is 0 Å². The zero-order valence-corrected chi connectivity index (χ0v) is 16.3. The van der Waals surface area contributed by atoms with Crippen LogP contribution in [0, 0.1) is 34.5 Å². The fourth-order valence-corrected chi connectivity index (χ4v) is 7.90. The van der Waals surface area contributed by atoms with Crippen LogP contribution in [0.2, 0.25) is 0 Å². The summed E-state index contributed by atoms with van der Waals surface area (Å²) in [4.78, 5) is 11.5. The third-order valence-corrected chi connectivity index (χ3v) is 9.18. The summed E-state index contributed by atoms with van der Waals surface area (Å²) < 4.78 is 5.63. The van der Waals surface area contributed by atoms with Crippen molar-refractivity contribution in [3.8, 4) is 0 Å². The van der Waals surface area contributed by atoms with E-state index in [0.29, 0.717) is 10.8 Å². The Hall–Kier alpha value is -0.240. The first kappa shape index (κ1) is 17.2. The number of carbonyl (C=O) groups is 1. The minimum atomic E-state index is -0.174. The molecule has 4 fully saturated rings. The van der Waals surface area contributed by atoms with Crippen molar-refractivity contribution in [1.82, 2.24) is 0 Å². The molecule has 0 spiro atoms. The molecule has 8 atom stereocenters. The lowest BCUT2D eigenvalue weighted by Gasteiger charge is -2.61. The van der Waals surface area contributed by atoms with Crippen molar-refractivity contribution >= 4 is 17.6 Å². The molecule has 4 aliphatic carbocycles. The van der Waals surface area contributed by atoms with Gasteiger partial charge < -0.3 is 4.74 Å². The summed E-state index contributed by atoms with van der Waals surface area (Å²) in [5.41, 5.74) is 0.932. The molecule has 0 aliphatic heterocycles. The highest BCUT2D eigenvalue weighted by molar-refractivity contribution is 6.21. The van der Waals surface area contributed by atoms with Crippen molar-refractivity contribution in [2.24, 2.45) is 34.5 Å². The molecule has 136 valence electrons. The van der Waals surface area contributed by atoms with E-state index in [4.69, 9.17) is 16.3 Å². The van der Waals surface area contributed by atoms with Gasteiger partial charge in [0.15, 0.2) is 0 Å². The largest absolute Gasteiger partial charge is 0.461 e. The molecule has 3 heteroatoms. The number of halogens is 1. The van der Waals surface area contributed by atoms with E-state index in [1.54, 1.807) is 0 Å². The minimum Gasteiger partial charge on any atom is -0.461 e. The van der Waals surface area contributed by atoms with Crippen LogP contribution < -0.4 is 0 Å². The van der Waals surface area contributed by atoms with Crippen LogP contribution in [0.15, 0.2) is 0 Å². The Labute approximate surface area is 152 Å². The van der Waals surface area contributed by atoms with Crippen molar-refractivity contribution in [2.45, 2.75) is 90.0 Å². The Morgan fingerprint density at radius 1 is 1.08 bits per heavy atom. The van der Waals surface area contributed by atoms with Crippen LogP contribution in [-0.4, -0.2) is 17.5 Å². The Morgan fingerprint density at radius 2 is 1.88 bits per heavy atom. The normalized spacial score (nSPS) is 53.7. The summed E-state index contributed by atoms with van der Waals surface area (Å²) in [7, 11) is 0. The molecule has 0 aromatic heterocycles. The lowest BCUT2D eigenvalue weighted by molar-refractivity contribution is -0.161. The summed E-state index contributed by atoms with van der Waals surface area (Å²) in [6.07, 6.45) is 11.8. The maximum absolute atomic E-state index is 11.5. The van der Waals surface area contributed by atoms with E-state index in [1.807, 2.05) is 0 Å². The first-order chi connectivity index (χ1) is 11.3. The Kier molecular flexibility index (Phi) is 4.22. The molecule has 0 aromatic rings. The van der Waals surface area contributed by atoms with Crippen LogP contribution in [0.5, 0.6) is 0 Å². The first-order valence-corrected chi connectivity index (χ1v) is 10.6. The standard InChI is InChI=1S/C21H33ClO2/c1-13(23)24-19-12-21(3)14(11-18(19)22)6-7-15-16-5-4-9-20(16,2)10-8-17(15)21/h14-19H,4-12H2,1-3H3/t14?,15?,16?,17?,18-,19-,20-,21-/m1/s1. The Bertz CT molecular complexity index is 520. The fourth-order valence-electron chi connectivity index (χ4n) is 7.55. The number of fused-ring (bicyclic) bond motifs is 5. The van der Waals surface area contributed by atoms with Crippen molar-refractivity contribution in [3.05, 3.63) is 0 Å². The molecule has 4 unspecified atom stereocenters. The molecule has 4 rings (SSSR count). The quantitative estimate of drug-likeness (QED) is 0.455. The van der Waals surface area contributed by atoms with E-state index in [0.717, 1.165) is 36.5 Å². The lowest BCUT2D eigenvalue weighted by Crippen LogP contribution is -2.56. The fraction of sp³-hybridized carbons (Fsp3) is 0.952. The predicted molar refractivity (Wildman–Crippen MR) is 96.9 cm³/mol. The third kappa shape index (κ3) is 2.54. The maximum Gasteiger partial charge on any atom is 0.302 e. The van der Waals surface area contributed by atoms with Crippen LogP contribution in [0.3, 0.4) is 0 Å². The second-order valence-electron chi connectivity index (χ2n) is 9.85. The van der Waals surface area contributed by atoms with Gasteiger partial charge in [-0.1, -0.05) is 20.3 Å². The van der Waals surface area contributed by atoms with E-state index in [2.05, 4.69) is 13.8 Å². The Balaban J connectivity index is 1.59. The maximum atomic E-state index is 11.5. The minimum absolute atomic E-state index is 0.00358. The van der Waals surface area contributed by atoms with Gasteiger partial charge in [0.05, 0.1) is 5.38 Å². The number of carbonyl (C=O) groups excluding carboxylic acids is 1. The van der Waals surface area contributed by atoms with Gasteiger partial charge in [0.25, 0.3) is 0 Å². The summed E-state index contributed by atoms with van der Waals surface area (Å²) in [5.74, 6) is 3.20. The van der Waals surface area contributed by atoms with Crippen molar-refractivity contribution in [1.29, 1.82) is 0 Å². The monoisotopic (exact) mass is 352 g/mol. The second kappa shape index (κ2) is 5.89. The smallest absolute Gasteiger partial charge is 0.302 e. The lowest BCUT2D eigenvalue weighted by atomic mass is 9.45. The van der Waals surface area contributed by atoms with Gasteiger partial charge in [-0.05, 0) is 85.9 Å². The Morgan fingerprint density at radius 3 is 2.62 bits per heavy atom. The highest BCUT2D eigenvalue weighted by Gasteiger charge is 2.59. The van der Waals surface area contributed by atoms with Gasteiger partial charge in [-0.15, -0.1) is 11.6 Å². The zero-order valence-electron chi connectivity index (χ0n) is 15.5. The number of ether oxygens (including phenoxy) is 1. The molecule has 24 heavy (non-hydrogen) atoms. The van der Waals surface area contributed by atoms with Crippen LogP contribution in [0.25, 0.3) is 0 Å². The van der Waals surface area contributed by atoms with Crippen LogP contribution in [-0.2, 0) is 9.53 Å². The number of rotatable bonds is 1. The summed E-state index contributed by atoms with van der Waals surface area (Å²) in [6.45, 7) is 6.59. The van der Waals surface area contributed by atoms with E-state index in [-0.39, 0.29) is 17.5 Å². The summed E-state index contributed by atoms with van der Waals surface area (Å²) >= 11 is 6.62. The molecule has 0 amide bonds. The second-order valence-corrected chi connectivity index (χ2v) is 10.4.